The third kappa shape index (κ3) is 4.27. The molecule has 1 rings (SSSR count). The summed E-state index contributed by atoms with van der Waals surface area (Å²) in [4.78, 5) is 2.65. The first-order valence-corrected chi connectivity index (χ1v) is 7.97. The SMILES string of the molecule is CCSCCCN1CCNC(CC)(CC)C1. The van der Waals surface area contributed by atoms with E-state index < -0.39 is 0 Å². The molecule has 0 saturated carbocycles. The minimum Gasteiger partial charge on any atom is -0.309 e. The van der Waals surface area contributed by atoms with Gasteiger partial charge in [-0.05, 0) is 37.3 Å². The number of piperazine rings is 1. The molecule has 0 unspecified atom stereocenters. The molecular weight excluding hydrogens is 216 g/mol. The van der Waals surface area contributed by atoms with Crippen molar-refractivity contribution in [2.75, 3.05) is 37.7 Å². The first-order valence-electron chi connectivity index (χ1n) is 6.81. The lowest BCUT2D eigenvalue weighted by Crippen LogP contribution is -2.59. The van der Waals surface area contributed by atoms with Crippen LogP contribution in [-0.2, 0) is 0 Å². The molecule has 0 aliphatic carbocycles. The van der Waals surface area contributed by atoms with Crippen molar-refractivity contribution in [3.8, 4) is 0 Å². The summed E-state index contributed by atoms with van der Waals surface area (Å²) in [7, 11) is 0. The fraction of sp³-hybridized carbons (Fsp3) is 1.00. The van der Waals surface area contributed by atoms with Crippen molar-refractivity contribution < 1.29 is 0 Å². The van der Waals surface area contributed by atoms with Crippen molar-refractivity contribution in [1.82, 2.24) is 10.2 Å². The van der Waals surface area contributed by atoms with Crippen LogP contribution in [0.2, 0.25) is 0 Å². The monoisotopic (exact) mass is 244 g/mol. The number of nitrogens with zero attached hydrogens (tertiary/aromatic N) is 1. The molecule has 0 aromatic heterocycles. The Morgan fingerprint density at radius 2 is 2.00 bits per heavy atom. The van der Waals surface area contributed by atoms with Gasteiger partial charge >= 0.3 is 0 Å². The zero-order chi connectivity index (χ0) is 11.9. The summed E-state index contributed by atoms with van der Waals surface area (Å²) in [5.74, 6) is 2.58. The fourth-order valence-electron chi connectivity index (χ4n) is 2.49. The maximum atomic E-state index is 3.72. The second-order valence-corrected chi connectivity index (χ2v) is 6.13. The van der Waals surface area contributed by atoms with E-state index in [9.17, 15) is 0 Å². The maximum absolute atomic E-state index is 3.72. The summed E-state index contributed by atoms with van der Waals surface area (Å²) in [6.45, 7) is 11.8. The van der Waals surface area contributed by atoms with Crippen LogP contribution >= 0.6 is 11.8 Å². The van der Waals surface area contributed by atoms with Crippen molar-refractivity contribution in [3.05, 3.63) is 0 Å². The topological polar surface area (TPSA) is 15.3 Å². The number of thioether (sulfide) groups is 1. The van der Waals surface area contributed by atoms with Gasteiger partial charge in [-0.15, -0.1) is 0 Å². The van der Waals surface area contributed by atoms with Gasteiger partial charge in [-0.2, -0.15) is 11.8 Å². The van der Waals surface area contributed by atoms with Crippen LogP contribution in [0.1, 0.15) is 40.0 Å². The van der Waals surface area contributed by atoms with E-state index in [-0.39, 0.29) is 0 Å². The first kappa shape index (κ1) is 14.3. The molecule has 0 amide bonds. The average molecular weight is 244 g/mol. The third-order valence-corrected chi connectivity index (χ3v) is 4.76. The summed E-state index contributed by atoms with van der Waals surface area (Å²) >= 11 is 2.07. The molecule has 3 heteroatoms. The lowest BCUT2D eigenvalue weighted by atomic mass is 9.90. The fourth-order valence-corrected chi connectivity index (χ4v) is 3.11. The minimum absolute atomic E-state index is 0.399. The highest BCUT2D eigenvalue weighted by Crippen LogP contribution is 2.20. The number of rotatable bonds is 7. The predicted molar refractivity (Wildman–Crippen MR) is 75.4 cm³/mol. The molecule has 1 saturated heterocycles. The minimum atomic E-state index is 0.399. The summed E-state index contributed by atoms with van der Waals surface area (Å²) < 4.78 is 0. The summed E-state index contributed by atoms with van der Waals surface area (Å²) in [6.07, 6.45) is 3.86. The number of hydrogen-bond acceptors (Lipinski definition) is 3. The van der Waals surface area contributed by atoms with Crippen molar-refractivity contribution >= 4 is 11.8 Å². The van der Waals surface area contributed by atoms with Crippen molar-refractivity contribution in [2.45, 2.75) is 45.6 Å². The number of hydrogen-bond donors (Lipinski definition) is 1. The molecule has 1 heterocycles. The molecule has 2 nitrogen and oxygen atoms in total. The van der Waals surface area contributed by atoms with E-state index in [2.05, 4.69) is 42.7 Å². The van der Waals surface area contributed by atoms with Crippen molar-refractivity contribution in [2.24, 2.45) is 0 Å². The zero-order valence-electron chi connectivity index (χ0n) is 11.2. The molecule has 1 aliphatic heterocycles. The van der Waals surface area contributed by atoms with Crippen LogP contribution in [0.15, 0.2) is 0 Å². The third-order valence-electron chi connectivity index (χ3n) is 3.77. The van der Waals surface area contributed by atoms with Gasteiger partial charge in [0, 0.05) is 25.2 Å². The zero-order valence-corrected chi connectivity index (χ0v) is 12.0. The molecule has 96 valence electrons. The normalized spacial score (nSPS) is 21.2. The Bertz CT molecular complexity index is 181. The molecule has 0 atom stereocenters. The van der Waals surface area contributed by atoms with Crippen LogP contribution in [0.25, 0.3) is 0 Å². The van der Waals surface area contributed by atoms with Gasteiger partial charge in [-0.3, -0.25) is 0 Å². The molecule has 0 bridgehead atoms. The number of nitrogens with one attached hydrogen (secondary N) is 1. The second-order valence-electron chi connectivity index (χ2n) is 4.74. The molecule has 0 aromatic rings. The van der Waals surface area contributed by atoms with Gasteiger partial charge in [-0.25, -0.2) is 0 Å². The lowest BCUT2D eigenvalue weighted by molar-refractivity contribution is 0.124. The Morgan fingerprint density at radius 1 is 1.25 bits per heavy atom. The van der Waals surface area contributed by atoms with E-state index in [1.807, 2.05) is 0 Å². The predicted octanol–water partition coefficient (Wildman–Crippen LogP) is 2.59. The highest BCUT2D eigenvalue weighted by atomic mass is 32.2. The van der Waals surface area contributed by atoms with Crippen LogP contribution in [0.4, 0.5) is 0 Å². The van der Waals surface area contributed by atoms with Gasteiger partial charge in [-0.1, -0.05) is 20.8 Å². The van der Waals surface area contributed by atoms with Crippen LogP contribution in [0, 0.1) is 0 Å². The van der Waals surface area contributed by atoms with Crippen LogP contribution < -0.4 is 5.32 Å². The van der Waals surface area contributed by atoms with Gasteiger partial charge in [0.25, 0.3) is 0 Å². The molecule has 1 fully saturated rings. The summed E-state index contributed by atoms with van der Waals surface area (Å²) in [5.41, 5.74) is 0.399. The van der Waals surface area contributed by atoms with E-state index in [0.29, 0.717) is 5.54 Å². The van der Waals surface area contributed by atoms with Crippen molar-refractivity contribution in [1.29, 1.82) is 0 Å². The molecule has 0 spiro atoms. The van der Waals surface area contributed by atoms with Gasteiger partial charge in [0.05, 0.1) is 0 Å². The van der Waals surface area contributed by atoms with E-state index in [1.165, 1.54) is 56.9 Å². The molecule has 1 N–H and O–H groups in total. The van der Waals surface area contributed by atoms with Gasteiger partial charge in [0.2, 0.25) is 0 Å². The summed E-state index contributed by atoms with van der Waals surface area (Å²) in [5, 5.41) is 3.72. The van der Waals surface area contributed by atoms with E-state index >= 15 is 0 Å². The Morgan fingerprint density at radius 3 is 2.62 bits per heavy atom. The highest BCUT2D eigenvalue weighted by Gasteiger charge is 2.31. The average Bonchev–Trinajstić information content (AvgIpc) is 2.35. The lowest BCUT2D eigenvalue weighted by Gasteiger charge is -2.43. The van der Waals surface area contributed by atoms with E-state index in [1.54, 1.807) is 0 Å². The second kappa shape index (κ2) is 7.57. The standard InChI is InChI=1S/C13H28N2S/c1-4-13(5-2)12-15(10-8-14-13)9-7-11-16-6-3/h14H,4-12H2,1-3H3. The Balaban J connectivity index is 2.27. The highest BCUT2D eigenvalue weighted by molar-refractivity contribution is 7.99. The first-order chi connectivity index (χ1) is 7.76. The summed E-state index contributed by atoms with van der Waals surface area (Å²) in [6, 6.07) is 0. The molecule has 1 aliphatic rings. The van der Waals surface area contributed by atoms with Gasteiger partial charge in [0.1, 0.15) is 0 Å². The quantitative estimate of drug-likeness (QED) is 0.693. The van der Waals surface area contributed by atoms with Crippen LogP contribution in [0.5, 0.6) is 0 Å². The van der Waals surface area contributed by atoms with E-state index in [0.717, 1.165) is 0 Å². The Hall–Kier alpha value is 0.270. The molecular formula is C13H28N2S. The molecule has 0 aromatic carbocycles. The van der Waals surface area contributed by atoms with Gasteiger partial charge < -0.3 is 10.2 Å². The molecule has 0 radical (unpaired) electrons. The van der Waals surface area contributed by atoms with Crippen LogP contribution in [-0.4, -0.2) is 48.1 Å². The smallest absolute Gasteiger partial charge is 0.0304 e. The molecule has 16 heavy (non-hydrogen) atoms. The maximum Gasteiger partial charge on any atom is 0.0304 e. The van der Waals surface area contributed by atoms with Gasteiger partial charge in [0.15, 0.2) is 0 Å². The van der Waals surface area contributed by atoms with E-state index in [4.69, 9.17) is 0 Å². The van der Waals surface area contributed by atoms with Crippen LogP contribution in [0.3, 0.4) is 0 Å². The van der Waals surface area contributed by atoms with Crippen molar-refractivity contribution in [3.63, 3.8) is 0 Å². The Labute approximate surface area is 106 Å². The Kier molecular flexibility index (Phi) is 6.78. The largest absolute Gasteiger partial charge is 0.309 e.